The summed E-state index contributed by atoms with van der Waals surface area (Å²) in [6.07, 6.45) is 7.05. The molecule has 20 heavy (non-hydrogen) atoms. The minimum atomic E-state index is -0.227. The van der Waals surface area contributed by atoms with Crippen molar-refractivity contribution in [3.05, 3.63) is 29.6 Å². The molecule has 2 aromatic rings. The van der Waals surface area contributed by atoms with Gasteiger partial charge >= 0.3 is 0 Å². The Labute approximate surface area is 119 Å². The van der Waals surface area contributed by atoms with Crippen molar-refractivity contribution in [1.82, 2.24) is 9.55 Å². The van der Waals surface area contributed by atoms with Gasteiger partial charge in [0.05, 0.1) is 22.5 Å². The first-order valence-corrected chi connectivity index (χ1v) is 7.62. The lowest BCUT2D eigenvalue weighted by Crippen LogP contribution is -2.32. The summed E-state index contributed by atoms with van der Waals surface area (Å²) < 4.78 is 2.24. The third-order valence-corrected chi connectivity index (χ3v) is 5.36. The summed E-state index contributed by atoms with van der Waals surface area (Å²) in [5.41, 5.74) is 3.22. The third kappa shape index (κ3) is 1.48. The fraction of sp³-hybridized carbons (Fsp3) is 0.529. The molecule has 3 heteroatoms. The molecular formula is C17H19N3. The largest absolute Gasteiger partial charge is 0.331 e. The molecule has 0 aliphatic heterocycles. The second-order valence-electron chi connectivity index (χ2n) is 6.41. The molecule has 0 radical (unpaired) electrons. The highest BCUT2D eigenvalue weighted by molar-refractivity contribution is 5.77. The highest BCUT2D eigenvalue weighted by atomic mass is 15.1. The third-order valence-electron chi connectivity index (χ3n) is 5.36. The van der Waals surface area contributed by atoms with Gasteiger partial charge in [-0.1, -0.05) is 12.5 Å². The number of imidazole rings is 1. The molecule has 0 spiro atoms. The molecule has 2 saturated carbocycles. The van der Waals surface area contributed by atoms with Gasteiger partial charge in [-0.15, -0.1) is 0 Å². The SMILES string of the molecule is Cn1c(C2CCC2)nc2ccc(C3(C#N)CCC3)cc21. The van der Waals surface area contributed by atoms with Crippen LogP contribution in [0.2, 0.25) is 0 Å². The lowest BCUT2D eigenvalue weighted by Gasteiger charge is -2.35. The fourth-order valence-corrected chi connectivity index (χ4v) is 3.53. The number of aromatic nitrogens is 2. The molecule has 3 nitrogen and oxygen atoms in total. The average Bonchev–Trinajstić information content (AvgIpc) is 2.65. The molecule has 2 fully saturated rings. The number of hydrogen-bond donors (Lipinski definition) is 0. The Morgan fingerprint density at radius 1 is 1.30 bits per heavy atom. The first kappa shape index (κ1) is 12.0. The summed E-state index contributed by atoms with van der Waals surface area (Å²) in [6.45, 7) is 0. The van der Waals surface area contributed by atoms with Crippen molar-refractivity contribution < 1.29 is 0 Å². The van der Waals surface area contributed by atoms with Gasteiger partial charge in [-0.2, -0.15) is 5.26 Å². The molecule has 0 atom stereocenters. The Morgan fingerprint density at radius 2 is 2.10 bits per heavy atom. The van der Waals surface area contributed by atoms with Gasteiger partial charge in [-0.3, -0.25) is 0 Å². The van der Waals surface area contributed by atoms with E-state index in [4.69, 9.17) is 4.98 Å². The summed E-state index contributed by atoms with van der Waals surface area (Å²) in [6, 6.07) is 8.95. The topological polar surface area (TPSA) is 41.6 Å². The van der Waals surface area contributed by atoms with E-state index in [1.54, 1.807) is 0 Å². The van der Waals surface area contributed by atoms with Crippen molar-refractivity contribution in [2.24, 2.45) is 7.05 Å². The van der Waals surface area contributed by atoms with E-state index in [0.29, 0.717) is 5.92 Å². The van der Waals surface area contributed by atoms with Gasteiger partial charge in [-0.25, -0.2) is 4.98 Å². The summed E-state index contributed by atoms with van der Waals surface area (Å²) in [5.74, 6) is 1.87. The first-order valence-electron chi connectivity index (χ1n) is 7.62. The van der Waals surface area contributed by atoms with E-state index in [1.165, 1.54) is 42.6 Å². The summed E-state index contributed by atoms with van der Waals surface area (Å²) in [7, 11) is 2.12. The summed E-state index contributed by atoms with van der Waals surface area (Å²) in [5, 5.41) is 9.50. The molecule has 0 amide bonds. The summed E-state index contributed by atoms with van der Waals surface area (Å²) in [4.78, 5) is 4.81. The molecule has 0 N–H and O–H groups in total. The molecular weight excluding hydrogens is 246 g/mol. The molecule has 4 rings (SSSR count). The average molecular weight is 265 g/mol. The van der Waals surface area contributed by atoms with Gasteiger partial charge in [0.25, 0.3) is 0 Å². The minimum absolute atomic E-state index is 0.227. The van der Waals surface area contributed by atoms with E-state index in [0.717, 1.165) is 18.4 Å². The predicted octanol–water partition coefficient (Wildman–Crippen LogP) is 3.79. The van der Waals surface area contributed by atoms with Gasteiger partial charge in [0.2, 0.25) is 0 Å². The summed E-state index contributed by atoms with van der Waals surface area (Å²) >= 11 is 0. The second-order valence-corrected chi connectivity index (χ2v) is 6.41. The zero-order chi connectivity index (χ0) is 13.7. The van der Waals surface area contributed by atoms with Crippen LogP contribution in [0.15, 0.2) is 18.2 Å². The van der Waals surface area contributed by atoms with E-state index in [-0.39, 0.29) is 5.41 Å². The number of rotatable bonds is 2. The van der Waals surface area contributed by atoms with Crippen LogP contribution in [0.5, 0.6) is 0 Å². The van der Waals surface area contributed by atoms with Crippen molar-refractivity contribution in [3.63, 3.8) is 0 Å². The van der Waals surface area contributed by atoms with Crippen LogP contribution in [0.25, 0.3) is 11.0 Å². The maximum absolute atomic E-state index is 9.50. The van der Waals surface area contributed by atoms with Crippen LogP contribution in [0.4, 0.5) is 0 Å². The van der Waals surface area contributed by atoms with Gasteiger partial charge in [-0.05, 0) is 49.8 Å². The van der Waals surface area contributed by atoms with Gasteiger partial charge in [0.1, 0.15) is 5.82 Å². The lowest BCUT2D eigenvalue weighted by molar-refractivity contribution is 0.324. The van der Waals surface area contributed by atoms with Crippen molar-refractivity contribution >= 4 is 11.0 Å². The van der Waals surface area contributed by atoms with Crippen molar-refractivity contribution in [3.8, 4) is 6.07 Å². The number of aryl methyl sites for hydroxylation is 1. The van der Waals surface area contributed by atoms with Crippen LogP contribution < -0.4 is 0 Å². The molecule has 2 aliphatic carbocycles. The monoisotopic (exact) mass is 265 g/mol. The molecule has 1 aromatic carbocycles. The Balaban J connectivity index is 1.83. The molecule has 102 valence electrons. The van der Waals surface area contributed by atoms with Gasteiger partial charge in [0, 0.05) is 13.0 Å². The highest BCUT2D eigenvalue weighted by Gasteiger charge is 2.39. The van der Waals surface area contributed by atoms with Crippen LogP contribution >= 0.6 is 0 Å². The van der Waals surface area contributed by atoms with E-state index >= 15 is 0 Å². The van der Waals surface area contributed by atoms with Gasteiger partial charge in [0.15, 0.2) is 0 Å². The van der Waals surface area contributed by atoms with Crippen molar-refractivity contribution in [2.45, 2.75) is 49.9 Å². The van der Waals surface area contributed by atoms with Crippen molar-refractivity contribution in [1.29, 1.82) is 5.26 Å². The number of nitriles is 1. The maximum atomic E-state index is 9.50. The van der Waals surface area contributed by atoms with E-state index in [2.05, 4.69) is 35.9 Å². The quantitative estimate of drug-likeness (QED) is 0.829. The molecule has 1 heterocycles. The molecule has 0 bridgehead atoms. The Morgan fingerprint density at radius 3 is 2.65 bits per heavy atom. The van der Waals surface area contributed by atoms with Crippen LogP contribution in [0, 0.1) is 11.3 Å². The van der Waals surface area contributed by atoms with Gasteiger partial charge < -0.3 is 4.57 Å². The van der Waals surface area contributed by atoms with Crippen molar-refractivity contribution in [2.75, 3.05) is 0 Å². The van der Waals surface area contributed by atoms with Crippen LogP contribution in [0.3, 0.4) is 0 Å². The van der Waals surface area contributed by atoms with Crippen LogP contribution in [-0.4, -0.2) is 9.55 Å². The number of hydrogen-bond acceptors (Lipinski definition) is 2. The van der Waals surface area contributed by atoms with E-state index in [1.807, 2.05) is 0 Å². The number of fused-ring (bicyclic) bond motifs is 1. The number of nitrogens with zero attached hydrogens (tertiary/aromatic N) is 3. The maximum Gasteiger partial charge on any atom is 0.112 e. The molecule has 0 unspecified atom stereocenters. The zero-order valence-electron chi connectivity index (χ0n) is 11.9. The minimum Gasteiger partial charge on any atom is -0.331 e. The zero-order valence-corrected chi connectivity index (χ0v) is 11.9. The Bertz CT molecular complexity index is 712. The molecule has 2 aliphatic rings. The van der Waals surface area contributed by atoms with Crippen LogP contribution in [0.1, 0.15) is 55.8 Å². The van der Waals surface area contributed by atoms with Crippen LogP contribution in [-0.2, 0) is 12.5 Å². The first-order chi connectivity index (χ1) is 9.73. The highest BCUT2D eigenvalue weighted by Crippen LogP contribution is 2.44. The smallest absolute Gasteiger partial charge is 0.112 e. The molecule has 1 aromatic heterocycles. The fourth-order valence-electron chi connectivity index (χ4n) is 3.53. The van der Waals surface area contributed by atoms with E-state index < -0.39 is 0 Å². The Kier molecular flexibility index (Phi) is 2.44. The number of benzene rings is 1. The Hall–Kier alpha value is -1.82. The predicted molar refractivity (Wildman–Crippen MR) is 78.4 cm³/mol. The second kappa shape index (κ2) is 4.09. The lowest BCUT2D eigenvalue weighted by atomic mass is 9.65. The normalized spacial score (nSPS) is 21.2. The molecule has 0 saturated heterocycles. The standard InChI is InChI=1S/C17H19N3/c1-20-15-10-13(17(11-18)8-3-9-17)6-7-14(15)19-16(20)12-4-2-5-12/h6-7,10,12H,2-5,8-9H2,1H3. The van der Waals surface area contributed by atoms with E-state index in [9.17, 15) is 5.26 Å².